The van der Waals surface area contributed by atoms with Gasteiger partial charge in [0.1, 0.15) is 0 Å². The third-order valence-electron chi connectivity index (χ3n) is 2.43. The molecule has 1 aliphatic rings. The molecule has 58 valence electrons. The van der Waals surface area contributed by atoms with Gasteiger partial charge in [-0.3, -0.25) is 0 Å². The molecule has 0 heterocycles. The van der Waals surface area contributed by atoms with Gasteiger partial charge in [-0.05, 0) is 31.1 Å². The molecule has 1 fully saturated rings. The van der Waals surface area contributed by atoms with Crippen molar-refractivity contribution in [2.75, 3.05) is 0 Å². The highest BCUT2D eigenvalue weighted by atomic mass is 15.1. The molecule has 1 saturated carbocycles. The van der Waals surface area contributed by atoms with Crippen molar-refractivity contribution in [3.63, 3.8) is 0 Å². The summed E-state index contributed by atoms with van der Waals surface area (Å²) >= 11 is 0. The Morgan fingerprint density at radius 3 is 2.60 bits per heavy atom. The van der Waals surface area contributed by atoms with Crippen LogP contribution >= 0.6 is 0 Å². The second-order valence-corrected chi connectivity index (χ2v) is 3.44. The maximum absolute atomic E-state index is 5.18. The number of hydrazone groups is 1. The lowest BCUT2D eigenvalue weighted by Crippen LogP contribution is -2.04. The maximum atomic E-state index is 5.18. The van der Waals surface area contributed by atoms with Gasteiger partial charge in [0, 0.05) is 5.71 Å². The van der Waals surface area contributed by atoms with Crippen molar-refractivity contribution in [3.05, 3.63) is 0 Å². The van der Waals surface area contributed by atoms with Crippen LogP contribution in [-0.4, -0.2) is 5.71 Å². The summed E-state index contributed by atoms with van der Waals surface area (Å²) in [5, 5.41) is 3.74. The van der Waals surface area contributed by atoms with Crippen molar-refractivity contribution < 1.29 is 0 Å². The highest BCUT2D eigenvalue weighted by Gasteiger charge is 2.22. The van der Waals surface area contributed by atoms with Crippen LogP contribution in [0.1, 0.15) is 33.1 Å². The summed E-state index contributed by atoms with van der Waals surface area (Å²) in [4.78, 5) is 0. The van der Waals surface area contributed by atoms with Gasteiger partial charge in [-0.1, -0.05) is 13.8 Å². The summed E-state index contributed by atoms with van der Waals surface area (Å²) in [5.41, 5.74) is 1.21. The maximum Gasteiger partial charge on any atom is 0.0378 e. The third-order valence-corrected chi connectivity index (χ3v) is 2.43. The first kappa shape index (κ1) is 7.58. The molecule has 0 amide bonds. The number of hydrogen-bond donors (Lipinski definition) is 1. The SMILES string of the molecule is CC(C)C1CC/C(=N/N)C1. The normalized spacial score (nSPS) is 30.3. The van der Waals surface area contributed by atoms with Crippen LogP contribution in [0.15, 0.2) is 5.10 Å². The molecule has 0 aromatic carbocycles. The summed E-state index contributed by atoms with van der Waals surface area (Å²) in [6.45, 7) is 4.54. The average Bonchev–Trinajstić information content (AvgIpc) is 2.34. The van der Waals surface area contributed by atoms with E-state index in [0.29, 0.717) is 0 Å². The molecule has 0 aromatic heterocycles. The molecule has 1 aliphatic carbocycles. The van der Waals surface area contributed by atoms with Crippen LogP contribution in [0, 0.1) is 11.8 Å². The molecular weight excluding hydrogens is 124 g/mol. The smallest absolute Gasteiger partial charge is 0.0378 e. The van der Waals surface area contributed by atoms with Crippen LogP contribution in [0.2, 0.25) is 0 Å². The molecular formula is C8H16N2. The molecule has 0 aliphatic heterocycles. The Hall–Kier alpha value is -0.530. The third kappa shape index (κ3) is 1.49. The molecule has 2 nitrogen and oxygen atoms in total. The van der Waals surface area contributed by atoms with Gasteiger partial charge < -0.3 is 5.84 Å². The van der Waals surface area contributed by atoms with Crippen molar-refractivity contribution in [1.82, 2.24) is 0 Å². The zero-order valence-electron chi connectivity index (χ0n) is 6.80. The monoisotopic (exact) mass is 140 g/mol. The summed E-state index contributed by atoms with van der Waals surface area (Å²) in [6.07, 6.45) is 3.54. The molecule has 0 aromatic rings. The van der Waals surface area contributed by atoms with E-state index >= 15 is 0 Å². The van der Waals surface area contributed by atoms with E-state index in [1.807, 2.05) is 0 Å². The molecule has 0 saturated heterocycles. The Labute approximate surface area is 62.5 Å². The number of nitrogens with zero attached hydrogens (tertiary/aromatic N) is 1. The van der Waals surface area contributed by atoms with Crippen LogP contribution in [0.25, 0.3) is 0 Å². The number of nitrogens with two attached hydrogens (primary N) is 1. The molecule has 1 rings (SSSR count). The Kier molecular flexibility index (Phi) is 2.30. The van der Waals surface area contributed by atoms with E-state index in [4.69, 9.17) is 5.84 Å². The van der Waals surface area contributed by atoms with E-state index in [2.05, 4.69) is 18.9 Å². The van der Waals surface area contributed by atoms with Crippen LogP contribution < -0.4 is 5.84 Å². The molecule has 2 N–H and O–H groups in total. The number of hydrogen-bond acceptors (Lipinski definition) is 2. The van der Waals surface area contributed by atoms with Crippen molar-refractivity contribution in [3.8, 4) is 0 Å². The van der Waals surface area contributed by atoms with Gasteiger partial charge in [-0.15, -0.1) is 0 Å². The summed E-state index contributed by atoms with van der Waals surface area (Å²) in [5.74, 6) is 6.81. The Morgan fingerprint density at radius 2 is 2.30 bits per heavy atom. The predicted octanol–water partition coefficient (Wildman–Crippen LogP) is 1.76. The van der Waals surface area contributed by atoms with Crippen LogP contribution in [-0.2, 0) is 0 Å². The average molecular weight is 140 g/mol. The lowest BCUT2D eigenvalue weighted by molar-refractivity contribution is 0.404. The minimum atomic E-state index is 0.791. The summed E-state index contributed by atoms with van der Waals surface area (Å²) < 4.78 is 0. The van der Waals surface area contributed by atoms with Gasteiger partial charge in [-0.25, -0.2) is 0 Å². The van der Waals surface area contributed by atoms with Crippen molar-refractivity contribution >= 4 is 5.71 Å². The van der Waals surface area contributed by atoms with Gasteiger partial charge in [-0.2, -0.15) is 5.10 Å². The summed E-state index contributed by atoms with van der Waals surface area (Å²) in [6, 6.07) is 0. The minimum Gasteiger partial charge on any atom is -0.323 e. The second-order valence-electron chi connectivity index (χ2n) is 3.44. The van der Waals surface area contributed by atoms with E-state index in [1.165, 1.54) is 12.1 Å². The van der Waals surface area contributed by atoms with E-state index in [0.717, 1.165) is 24.7 Å². The fraction of sp³-hybridized carbons (Fsp3) is 0.875. The highest BCUT2D eigenvalue weighted by Crippen LogP contribution is 2.28. The van der Waals surface area contributed by atoms with Crippen LogP contribution in [0.3, 0.4) is 0 Å². The van der Waals surface area contributed by atoms with E-state index in [9.17, 15) is 0 Å². The standard InChI is InChI=1S/C8H16N2/c1-6(2)7-3-4-8(5-7)10-9/h6-7H,3-5,9H2,1-2H3/b10-8-. The van der Waals surface area contributed by atoms with E-state index in [1.54, 1.807) is 0 Å². The Balaban J connectivity index is 2.43. The quantitative estimate of drug-likeness (QED) is 0.437. The van der Waals surface area contributed by atoms with Gasteiger partial charge >= 0.3 is 0 Å². The van der Waals surface area contributed by atoms with Gasteiger partial charge in [0.05, 0.1) is 0 Å². The molecule has 0 spiro atoms. The highest BCUT2D eigenvalue weighted by molar-refractivity contribution is 5.86. The first-order valence-corrected chi connectivity index (χ1v) is 3.99. The van der Waals surface area contributed by atoms with Gasteiger partial charge in [0.15, 0.2) is 0 Å². The first-order valence-electron chi connectivity index (χ1n) is 3.99. The largest absolute Gasteiger partial charge is 0.323 e. The lowest BCUT2D eigenvalue weighted by atomic mass is 9.95. The molecule has 0 radical (unpaired) electrons. The molecule has 2 heteroatoms. The van der Waals surface area contributed by atoms with Crippen molar-refractivity contribution in [2.45, 2.75) is 33.1 Å². The fourth-order valence-electron chi connectivity index (χ4n) is 1.55. The van der Waals surface area contributed by atoms with E-state index in [-0.39, 0.29) is 0 Å². The molecule has 0 bridgehead atoms. The Morgan fingerprint density at radius 1 is 1.60 bits per heavy atom. The second kappa shape index (κ2) is 3.04. The van der Waals surface area contributed by atoms with Crippen molar-refractivity contribution in [1.29, 1.82) is 0 Å². The van der Waals surface area contributed by atoms with Crippen LogP contribution in [0.5, 0.6) is 0 Å². The van der Waals surface area contributed by atoms with Crippen molar-refractivity contribution in [2.24, 2.45) is 22.8 Å². The fourth-order valence-corrected chi connectivity index (χ4v) is 1.55. The van der Waals surface area contributed by atoms with E-state index < -0.39 is 0 Å². The predicted molar refractivity (Wildman–Crippen MR) is 43.8 cm³/mol. The van der Waals surface area contributed by atoms with Crippen LogP contribution in [0.4, 0.5) is 0 Å². The molecule has 10 heavy (non-hydrogen) atoms. The lowest BCUT2D eigenvalue weighted by Gasteiger charge is -2.11. The Bertz CT molecular complexity index is 138. The van der Waals surface area contributed by atoms with Gasteiger partial charge in [0.25, 0.3) is 0 Å². The number of rotatable bonds is 1. The molecule has 1 atom stereocenters. The first-order chi connectivity index (χ1) is 4.74. The zero-order chi connectivity index (χ0) is 7.56. The topological polar surface area (TPSA) is 38.4 Å². The van der Waals surface area contributed by atoms with Gasteiger partial charge in [0.2, 0.25) is 0 Å². The minimum absolute atomic E-state index is 0.791. The zero-order valence-corrected chi connectivity index (χ0v) is 6.80. The molecule has 1 unspecified atom stereocenters. The summed E-state index contributed by atoms with van der Waals surface area (Å²) in [7, 11) is 0.